The number of benzene rings is 1. The van der Waals surface area contributed by atoms with Crippen LogP contribution in [-0.4, -0.2) is 0 Å². The zero-order valence-electron chi connectivity index (χ0n) is 6.65. The molecule has 0 N–H and O–H groups in total. The van der Waals surface area contributed by atoms with Gasteiger partial charge in [-0.3, -0.25) is 0 Å². The molecule has 0 aromatic heterocycles. The van der Waals surface area contributed by atoms with Gasteiger partial charge in [-0.05, 0) is 30.2 Å². The lowest BCUT2D eigenvalue weighted by atomic mass is 10.1. The monoisotopic (exact) mass is 310 g/mol. The molecule has 0 spiro atoms. The van der Waals surface area contributed by atoms with E-state index >= 15 is 0 Å². The van der Waals surface area contributed by atoms with Crippen LogP contribution in [0.25, 0.3) is 0 Å². The van der Waals surface area contributed by atoms with Crippen LogP contribution in [0.2, 0.25) is 5.02 Å². The minimum absolute atomic E-state index is 0.351. The van der Waals surface area contributed by atoms with Crippen molar-refractivity contribution in [1.82, 2.24) is 0 Å². The topological polar surface area (TPSA) is 0 Å². The summed E-state index contributed by atoms with van der Waals surface area (Å²) in [5.74, 6) is 0. The van der Waals surface area contributed by atoms with Crippen LogP contribution in [0.4, 0.5) is 0 Å². The molecule has 1 rings (SSSR count). The van der Waals surface area contributed by atoms with Crippen molar-refractivity contribution in [2.24, 2.45) is 0 Å². The molecule has 0 aliphatic rings. The largest absolute Gasteiger partial charge is 0.0876 e. The standard InChI is InChI=1S/C9H9Br2Cl/c1-6(11)9-4-8(12)3-2-7(9)5-10/h2-4,6H,5H2,1H3. The van der Waals surface area contributed by atoms with Gasteiger partial charge in [0.1, 0.15) is 0 Å². The Bertz CT molecular complexity index is 271. The van der Waals surface area contributed by atoms with Crippen LogP contribution < -0.4 is 0 Å². The van der Waals surface area contributed by atoms with E-state index in [-0.39, 0.29) is 0 Å². The maximum atomic E-state index is 5.88. The van der Waals surface area contributed by atoms with E-state index in [1.807, 2.05) is 18.2 Å². The maximum Gasteiger partial charge on any atom is 0.0409 e. The van der Waals surface area contributed by atoms with E-state index < -0.39 is 0 Å². The van der Waals surface area contributed by atoms with Crippen LogP contribution in [0.1, 0.15) is 22.9 Å². The van der Waals surface area contributed by atoms with Crippen LogP contribution in [-0.2, 0) is 5.33 Å². The third kappa shape index (κ3) is 2.48. The summed E-state index contributed by atoms with van der Waals surface area (Å²) in [6, 6.07) is 5.96. The van der Waals surface area contributed by atoms with Gasteiger partial charge in [0, 0.05) is 15.2 Å². The van der Waals surface area contributed by atoms with Crippen molar-refractivity contribution in [3.63, 3.8) is 0 Å². The number of alkyl halides is 2. The normalized spacial score (nSPS) is 13.0. The lowest BCUT2D eigenvalue weighted by Crippen LogP contribution is -1.90. The van der Waals surface area contributed by atoms with Gasteiger partial charge < -0.3 is 0 Å². The molecule has 0 aliphatic heterocycles. The number of hydrogen-bond acceptors (Lipinski definition) is 0. The predicted octanol–water partition coefficient (Wildman–Crippen LogP) is 4.69. The Balaban J connectivity index is 3.12. The van der Waals surface area contributed by atoms with Crippen LogP contribution in [0.15, 0.2) is 18.2 Å². The molecule has 1 aromatic carbocycles. The average molecular weight is 312 g/mol. The molecule has 0 fully saturated rings. The Hall–Kier alpha value is 0.470. The van der Waals surface area contributed by atoms with E-state index in [1.54, 1.807) is 0 Å². The third-order valence-corrected chi connectivity index (χ3v) is 3.01. The summed E-state index contributed by atoms with van der Waals surface area (Å²) in [4.78, 5) is 0.351. The molecule has 1 atom stereocenters. The molecule has 12 heavy (non-hydrogen) atoms. The first kappa shape index (κ1) is 10.6. The summed E-state index contributed by atoms with van der Waals surface area (Å²) >= 11 is 12.8. The molecule has 1 aromatic rings. The summed E-state index contributed by atoms with van der Waals surface area (Å²) in [6.07, 6.45) is 0. The first-order valence-electron chi connectivity index (χ1n) is 3.63. The second-order valence-corrected chi connectivity index (χ2v) is 4.96. The van der Waals surface area contributed by atoms with E-state index in [0.717, 1.165) is 10.4 Å². The molecule has 0 saturated heterocycles. The number of hydrogen-bond donors (Lipinski definition) is 0. The van der Waals surface area contributed by atoms with Gasteiger partial charge in [0.15, 0.2) is 0 Å². The Morgan fingerprint density at radius 1 is 1.50 bits per heavy atom. The fraction of sp³-hybridized carbons (Fsp3) is 0.333. The summed E-state index contributed by atoms with van der Waals surface area (Å²) < 4.78 is 0. The van der Waals surface area contributed by atoms with E-state index in [0.29, 0.717) is 4.83 Å². The zero-order valence-corrected chi connectivity index (χ0v) is 10.6. The molecule has 0 radical (unpaired) electrons. The second kappa shape index (κ2) is 4.64. The van der Waals surface area contributed by atoms with Crippen LogP contribution in [0.5, 0.6) is 0 Å². The van der Waals surface area contributed by atoms with Crippen molar-refractivity contribution in [2.45, 2.75) is 17.1 Å². The van der Waals surface area contributed by atoms with Crippen molar-refractivity contribution in [2.75, 3.05) is 0 Å². The average Bonchev–Trinajstić information content (AvgIpc) is 2.04. The molecule has 0 heterocycles. The van der Waals surface area contributed by atoms with Gasteiger partial charge in [-0.2, -0.15) is 0 Å². The fourth-order valence-corrected chi connectivity index (χ4v) is 2.18. The fourth-order valence-electron chi connectivity index (χ4n) is 1.06. The highest BCUT2D eigenvalue weighted by molar-refractivity contribution is 9.09. The minimum atomic E-state index is 0.351. The highest BCUT2D eigenvalue weighted by Crippen LogP contribution is 2.29. The quantitative estimate of drug-likeness (QED) is 0.695. The Kier molecular flexibility index (Phi) is 4.08. The summed E-state index contributed by atoms with van der Waals surface area (Å²) in [7, 11) is 0. The van der Waals surface area contributed by atoms with Gasteiger partial charge in [0.2, 0.25) is 0 Å². The molecule has 66 valence electrons. The van der Waals surface area contributed by atoms with Crippen molar-refractivity contribution in [3.05, 3.63) is 34.3 Å². The molecular weight excluding hydrogens is 303 g/mol. The Morgan fingerprint density at radius 2 is 2.17 bits per heavy atom. The lowest BCUT2D eigenvalue weighted by Gasteiger charge is -2.09. The maximum absolute atomic E-state index is 5.88. The molecular formula is C9H9Br2Cl. The van der Waals surface area contributed by atoms with E-state index in [1.165, 1.54) is 11.1 Å². The number of halogens is 3. The predicted molar refractivity (Wildman–Crippen MR) is 61.4 cm³/mol. The molecule has 1 unspecified atom stereocenters. The van der Waals surface area contributed by atoms with Crippen LogP contribution in [0.3, 0.4) is 0 Å². The Morgan fingerprint density at radius 3 is 2.67 bits per heavy atom. The SMILES string of the molecule is CC(Br)c1cc(Cl)ccc1CBr. The van der Waals surface area contributed by atoms with Gasteiger partial charge in [-0.1, -0.05) is 49.5 Å². The summed E-state index contributed by atoms with van der Waals surface area (Å²) in [5.41, 5.74) is 2.53. The first-order valence-corrected chi connectivity index (χ1v) is 6.05. The number of rotatable bonds is 2. The van der Waals surface area contributed by atoms with Gasteiger partial charge in [0.25, 0.3) is 0 Å². The highest BCUT2D eigenvalue weighted by atomic mass is 79.9. The van der Waals surface area contributed by atoms with Gasteiger partial charge >= 0.3 is 0 Å². The molecule has 0 nitrogen and oxygen atoms in total. The van der Waals surface area contributed by atoms with Crippen molar-refractivity contribution >= 4 is 43.5 Å². The van der Waals surface area contributed by atoms with Gasteiger partial charge in [0.05, 0.1) is 0 Å². The smallest absolute Gasteiger partial charge is 0.0409 e. The van der Waals surface area contributed by atoms with Crippen LogP contribution in [0, 0.1) is 0 Å². The Labute approximate surface area is 94.6 Å². The van der Waals surface area contributed by atoms with E-state index in [9.17, 15) is 0 Å². The third-order valence-electron chi connectivity index (χ3n) is 1.68. The van der Waals surface area contributed by atoms with Crippen molar-refractivity contribution in [3.8, 4) is 0 Å². The van der Waals surface area contributed by atoms with Crippen molar-refractivity contribution in [1.29, 1.82) is 0 Å². The van der Waals surface area contributed by atoms with E-state index in [4.69, 9.17) is 11.6 Å². The van der Waals surface area contributed by atoms with Gasteiger partial charge in [-0.15, -0.1) is 0 Å². The molecule has 0 amide bonds. The summed E-state index contributed by atoms with van der Waals surface area (Å²) in [6.45, 7) is 2.10. The first-order chi connectivity index (χ1) is 5.65. The van der Waals surface area contributed by atoms with Crippen molar-refractivity contribution < 1.29 is 0 Å². The van der Waals surface area contributed by atoms with E-state index in [2.05, 4.69) is 38.8 Å². The molecule has 3 heteroatoms. The highest BCUT2D eigenvalue weighted by Gasteiger charge is 2.06. The molecule has 0 bridgehead atoms. The van der Waals surface area contributed by atoms with Crippen LogP contribution >= 0.6 is 43.5 Å². The lowest BCUT2D eigenvalue weighted by molar-refractivity contribution is 1.09. The summed E-state index contributed by atoms with van der Waals surface area (Å²) in [5, 5.41) is 1.66. The second-order valence-electron chi connectivity index (χ2n) is 2.59. The zero-order chi connectivity index (χ0) is 9.14. The van der Waals surface area contributed by atoms with Gasteiger partial charge in [-0.25, -0.2) is 0 Å². The molecule has 0 saturated carbocycles. The minimum Gasteiger partial charge on any atom is -0.0876 e. The molecule has 0 aliphatic carbocycles.